The highest BCUT2D eigenvalue weighted by atomic mass is 32.1. The molecule has 6 heteroatoms. The molecular formula is C13H24N4S2. The van der Waals surface area contributed by atoms with Gasteiger partial charge in [0, 0.05) is 12.1 Å². The molecule has 108 valence electrons. The second kappa shape index (κ2) is 6.70. The fourth-order valence-electron chi connectivity index (χ4n) is 2.55. The number of hydrazine groups is 1. The van der Waals surface area contributed by atoms with Crippen LogP contribution in [0.4, 0.5) is 0 Å². The number of rotatable bonds is 2. The molecular weight excluding hydrogens is 276 g/mol. The van der Waals surface area contributed by atoms with Crippen LogP contribution in [0.25, 0.3) is 0 Å². The van der Waals surface area contributed by atoms with Gasteiger partial charge in [0.1, 0.15) is 0 Å². The first-order chi connectivity index (χ1) is 9.06. The lowest BCUT2D eigenvalue weighted by Crippen LogP contribution is -2.54. The van der Waals surface area contributed by atoms with Crippen molar-refractivity contribution in [3.05, 3.63) is 0 Å². The fraction of sp³-hybridized carbons (Fsp3) is 0.846. The van der Waals surface area contributed by atoms with Gasteiger partial charge in [-0.2, -0.15) is 0 Å². The molecule has 2 rings (SSSR count). The summed E-state index contributed by atoms with van der Waals surface area (Å²) in [6, 6.07) is 1.03. The second-order valence-electron chi connectivity index (χ2n) is 5.84. The van der Waals surface area contributed by atoms with Gasteiger partial charge in [0.2, 0.25) is 0 Å². The maximum atomic E-state index is 5.30. The van der Waals surface area contributed by atoms with Crippen molar-refractivity contribution in [3.63, 3.8) is 0 Å². The Morgan fingerprint density at radius 2 is 1.53 bits per heavy atom. The Kier molecular flexibility index (Phi) is 5.21. The van der Waals surface area contributed by atoms with Crippen LogP contribution < -0.4 is 21.5 Å². The molecule has 4 nitrogen and oxygen atoms in total. The van der Waals surface area contributed by atoms with Crippen molar-refractivity contribution in [1.82, 2.24) is 21.5 Å². The van der Waals surface area contributed by atoms with Gasteiger partial charge in [-0.3, -0.25) is 10.9 Å². The van der Waals surface area contributed by atoms with Crippen LogP contribution in [0.15, 0.2) is 0 Å². The Bertz CT molecular complexity index is 344. The van der Waals surface area contributed by atoms with Gasteiger partial charge in [-0.25, -0.2) is 0 Å². The summed E-state index contributed by atoms with van der Waals surface area (Å²) in [5.41, 5.74) is 5.90. The zero-order valence-electron chi connectivity index (χ0n) is 11.7. The van der Waals surface area contributed by atoms with Crippen molar-refractivity contribution >= 4 is 34.7 Å². The summed E-state index contributed by atoms with van der Waals surface area (Å²) in [6.45, 7) is 4.62. The summed E-state index contributed by atoms with van der Waals surface area (Å²) >= 11 is 10.5. The molecule has 3 atom stereocenters. The van der Waals surface area contributed by atoms with Crippen molar-refractivity contribution in [3.8, 4) is 0 Å². The van der Waals surface area contributed by atoms with Gasteiger partial charge in [-0.15, -0.1) is 0 Å². The van der Waals surface area contributed by atoms with Crippen molar-refractivity contribution in [2.75, 3.05) is 0 Å². The van der Waals surface area contributed by atoms with E-state index in [4.69, 9.17) is 24.4 Å². The maximum Gasteiger partial charge on any atom is 0.185 e. The highest BCUT2D eigenvalue weighted by Crippen LogP contribution is 2.29. The molecule has 0 saturated heterocycles. The molecule has 4 N–H and O–H groups in total. The maximum absolute atomic E-state index is 5.30. The molecule has 0 aliphatic heterocycles. The smallest absolute Gasteiger partial charge is 0.185 e. The van der Waals surface area contributed by atoms with Crippen LogP contribution in [-0.4, -0.2) is 22.3 Å². The highest BCUT2D eigenvalue weighted by Gasteiger charge is 2.27. The van der Waals surface area contributed by atoms with Gasteiger partial charge >= 0.3 is 0 Å². The minimum Gasteiger partial charge on any atom is -0.359 e. The van der Waals surface area contributed by atoms with Crippen LogP contribution in [0, 0.1) is 11.8 Å². The van der Waals surface area contributed by atoms with Gasteiger partial charge in [0.05, 0.1) is 0 Å². The van der Waals surface area contributed by atoms with E-state index in [0.717, 1.165) is 5.92 Å². The molecule has 2 aliphatic carbocycles. The molecule has 0 amide bonds. The molecule has 0 spiro atoms. The molecule has 0 radical (unpaired) electrons. The molecule has 0 aromatic rings. The molecule has 0 unspecified atom stereocenters. The number of hydrogen-bond donors (Lipinski definition) is 4. The van der Waals surface area contributed by atoms with E-state index >= 15 is 0 Å². The highest BCUT2D eigenvalue weighted by molar-refractivity contribution is 7.80. The van der Waals surface area contributed by atoms with Gasteiger partial charge in [-0.1, -0.05) is 26.7 Å². The summed E-state index contributed by atoms with van der Waals surface area (Å²) in [7, 11) is 0. The van der Waals surface area contributed by atoms with Crippen LogP contribution in [-0.2, 0) is 0 Å². The largest absolute Gasteiger partial charge is 0.359 e. The van der Waals surface area contributed by atoms with E-state index in [0.29, 0.717) is 28.2 Å². The summed E-state index contributed by atoms with van der Waals surface area (Å²) in [5.74, 6) is 1.42. The zero-order chi connectivity index (χ0) is 13.8. The molecule has 0 aromatic heterocycles. The summed E-state index contributed by atoms with van der Waals surface area (Å²) < 4.78 is 0. The normalized spacial score (nSPS) is 30.3. The Balaban J connectivity index is 1.66. The fourth-order valence-corrected chi connectivity index (χ4v) is 2.97. The first kappa shape index (κ1) is 14.8. The predicted octanol–water partition coefficient (Wildman–Crippen LogP) is 1.82. The zero-order valence-corrected chi connectivity index (χ0v) is 13.3. The molecule has 0 heterocycles. The van der Waals surface area contributed by atoms with E-state index in [1.54, 1.807) is 0 Å². The third-order valence-electron chi connectivity index (χ3n) is 4.23. The van der Waals surface area contributed by atoms with Crippen molar-refractivity contribution in [2.45, 2.75) is 58.0 Å². The van der Waals surface area contributed by atoms with Gasteiger partial charge < -0.3 is 10.6 Å². The molecule has 19 heavy (non-hydrogen) atoms. The van der Waals surface area contributed by atoms with Crippen molar-refractivity contribution in [1.29, 1.82) is 0 Å². The molecule has 0 aromatic carbocycles. The van der Waals surface area contributed by atoms with E-state index in [1.165, 1.54) is 32.1 Å². The summed E-state index contributed by atoms with van der Waals surface area (Å²) in [5, 5.41) is 7.85. The van der Waals surface area contributed by atoms with Crippen LogP contribution in [0.3, 0.4) is 0 Å². The van der Waals surface area contributed by atoms with Gasteiger partial charge in [-0.05, 0) is 55.5 Å². The topological polar surface area (TPSA) is 48.1 Å². The van der Waals surface area contributed by atoms with Gasteiger partial charge in [0.25, 0.3) is 0 Å². The lowest BCUT2D eigenvalue weighted by molar-refractivity contribution is 0.224. The summed E-state index contributed by atoms with van der Waals surface area (Å²) in [4.78, 5) is 0. The molecule has 2 aliphatic rings. The standard InChI is InChI=1S/C13H24N4S2/c1-8-4-3-5-11(9(8)2)15-13(19)17-16-12(18)14-10-6-7-10/h8-11H,3-7H2,1-2H3,(H2,14,16,18)(H2,15,17,19)/t8-,9+,11+/m0/s1. The number of nitrogens with one attached hydrogen (secondary N) is 4. The molecule has 2 fully saturated rings. The SMILES string of the molecule is C[C@@H]1[C@@H](C)CCC[C@H]1NC(=S)NNC(=S)NC1CC1. The lowest BCUT2D eigenvalue weighted by Gasteiger charge is -2.35. The third kappa shape index (κ3) is 4.76. The Labute approximate surface area is 126 Å². The summed E-state index contributed by atoms with van der Waals surface area (Å²) in [6.07, 6.45) is 6.22. The van der Waals surface area contributed by atoms with Crippen LogP contribution >= 0.6 is 24.4 Å². The first-order valence-corrected chi connectivity index (χ1v) is 8.01. The second-order valence-corrected chi connectivity index (χ2v) is 6.66. The average molecular weight is 300 g/mol. The molecule has 0 bridgehead atoms. The molecule has 2 saturated carbocycles. The van der Waals surface area contributed by atoms with Crippen molar-refractivity contribution < 1.29 is 0 Å². The van der Waals surface area contributed by atoms with E-state index in [9.17, 15) is 0 Å². The minimum atomic E-state index is 0.468. The first-order valence-electron chi connectivity index (χ1n) is 7.19. The van der Waals surface area contributed by atoms with E-state index in [-0.39, 0.29) is 0 Å². The predicted molar refractivity (Wildman–Crippen MR) is 86.7 cm³/mol. The Morgan fingerprint density at radius 3 is 2.16 bits per heavy atom. The number of hydrogen-bond acceptors (Lipinski definition) is 2. The monoisotopic (exact) mass is 300 g/mol. The van der Waals surface area contributed by atoms with Gasteiger partial charge in [0.15, 0.2) is 10.2 Å². The van der Waals surface area contributed by atoms with Crippen LogP contribution in [0.2, 0.25) is 0 Å². The van der Waals surface area contributed by atoms with Crippen molar-refractivity contribution in [2.24, 2.45) is 11.8 Å². The van der Waals surface area contributed by atoms with E-state index in [2.05, 4.69) is 35.3 Å². The third-order valence-corrected chi connectivity index (χ3v) is 4.67. The van der Waals surface area contributed by atoms with E-state index < -0.39 is 0 Å². The lowest BCUT2D eigenvalue weighted by atomic mass is 9.78. The average Bonchev–Trinajstić information content (AvgIpc) is 3.16. The van der Waals surface area contributed by atoms with Crippen LogP contribution in [0.5, 0.6) is 0 Å². The Hall–Kier alpha value is -0.620. The number of thiocarbonyl (C=S) groups is 2. The van der Waals surface area contributed by atoms with E-state index in [1.807, 2.05) is 0 Å². The minimum absolute atomic E-state index is 0.468. The Morgan fingerprint density at radius 1 is 0.895 bits per heavy atom. The quantitative estimate of drug-likeness (QED) is 0.461. The van der Waals surface area contributed by atoms with Crippen LogP contribution in [0.1, 0.15) is 46.0 Å².